The zero-order valence-electron chi connectivity index (χ0n) is 14.2. The third kappa shape index (κ3) is 2.91. The molecule has 1 amide bonds. The molecule has 0 radical (unpaired) electrons. The number of carbonyl (C=O) groups excluding carboxylic acids is 1. The minimum Gasteiger partial charge on any atom is -0.369 e. The van der Waals surface area contributed by atoms with Crippen molar-refractivity contribution >= 4 is 5.91 Å². The second kappa shape index (κ2) is 6.20. The Hall–Kier alpha value is -2.08. The van der Waals surface area contributed by atoms with Crippen LogP contribution in [0.4, 0.5) is 0 Å². The lowest BCUT2D eigenvalue weighted by Gasteiger charge is -2.25. The Morgan fingerprint density at radius 2 is 2.30 bits per heavy atom. The predicted molar refractivity (Wildman–Crippen MR) is 87.2 cm³/mol. The molecular weight excluding hydrogens is 292 g/mol. The largest absolute Gasteiger partial charge is 0.369 e. The summed E-state index contributed by atoms with van der Waals surface area (Å²) in [5.41, 5.74) is 3.58. The molecule has 0 fully saturated rings. The van der Waals surface area contributed by atoms with Gasteiger partial charge in [-0.2, -0.15) is 5.10 Å². The van der Waals surface area contributed by atoms with Crippen LogP contribution in [0.5, 0.6) is 0 Å². The van der Waals surface area contributed by atoms with Gasteiger partial charge in [0.15, 0.2) is 5.69 Å². The quantitative estimate of drug-likeness (QED) is 0.943. The number of ether oxygens (including phenoxy) is 1. The highest BCUT2D eigenvalue weighted by Gasteiger charge is 2.30. The van der Waals surface area contributed by atoms with Crippen molar-refractivity contribution in [2.45, 2.75) is 52.5 Å². The smallest absolute Gasteiger partial charge is 0.274 e. The predicted octanol–water partition coefficient (Wildman–Crippen LogP) is 2.53. The van der Waals surface area contributed by atoms with E-state index in [1.54, 1.807) is 4.90 Å². The molecule has 6 nitrogen and oxygen atoms in total. The van der Waals surface area contributed by atoms with Gasteiger partial charge in [0.2, 0.25) is 0 Å². The number of H-pyrrole nitrogens is 1. The van der Waals surface area contributed by atoms with Gasteiger partial charge in [0, 0.05) is 37.5 Å². The molecule has 124 valence electrons. The van der Waals surface area contributed by atoms with Crippen LogP contribution in [-0.2, 0) is 24.2 Å². The van der Waals surface area contributed by atoms with E-state index in [4.69, 9.17) is 4.74 Å². The van der Waals surface area contributed by atoms with Crippen molar-refractivity contribution in [3.05, 3.63) is 41.0 Å². The molecule has 2 atom stereocenters. The molecule has 0 spiro atoms. The Morgan fingerprint density at radius 3 is 3.04 bits per heavy atom. The van der Waals surface area contributed by atoms with E-state index in [0.29, 0.717) is 12.2 Å². The van der Waals surface area contributed by atoms with Gasteiger partial charge in [-0.1, -0.05) is 0 Å². The maximum atomic E-state index is 12.8. The monoisotopic (exact) mass is 316 g/mol. The average molecular weight is 316 g/mol. The highest BCUT2D eigenvalue weighted by Crippen LogP contribution is 2.30. The van der Waals surface area contributed by atoms with Crippen LogP contribution >= 0.6 is 0 Å². The fraction of sp³-hybridized carbons (Fsp3) is 0.529. The normalized spacial score (nSPS) is 20.3. The second-order valence-electron chi connectivity index (χ2n) is 6.20. The van der Waals surface area contributed by atoms with Crippen molar-refractivity contribution in [3.8, 4) is 0 Å². The van der Waals surface area contributed by atoms with Crippen LogP contribution in [0.15, 0.2) is 18.3 Å². The van der Waals surface area contributed by atoms with E-state index >= 15 is 0 Å². The summed E-state index contributed by atoms with van der Waals surface area (Å²) in [5.74, 6) is -0.0485. The first-order valence-electron chi connectivity index (χ1n) is 8.13. The van der Waals surface area contributed by atoms with E-state index in [1.165, 1.54) is 0 Å². The molecule has 3 rings (SSSR count). The molecule has 2 aromatic heterocycles. The summed E-state index contributed by atoms with van der Waals surface area (Å²) in [5, 5.41) is 7.26. The number of rotatable bonds is 4. The molecule has 1 aliphatic heterocycles. The highest BCUT2D eigenvalue weighted by atomic mass is 16.5. The number of nitrogens with zero attached hydrogens (tertiary/aromatic N) is 3. The summed E-state index contributed by atoms with van der Waals surface area (Å²) in [6.07, 6.45) is 2.80. The number of aromatic amines is 1. The van der Waals surface area contributed by atoms with Gasteiger partial charge in [0.1, 0.15) is 0 Å². The third-order valence-corrected chi connectivity index (χ3v) is 4.45. The Labute approximate surface area is 136 Å². The van der Waals surface area contributed by atoms with Crippen molar-refractivity contribution in [3.63, 3.8) is 0 Å². The molecule has 0 unspecified atom stereocenters. The van der Waals surface area contributed by atoms with Gasteiger partial charge in [0.25, 0.3) is 5.91 Å². The molecule has 2 aromatic rings. The van der Waals surface area contributed by atoms with E-state index in [-0.39, 0.29) is 18.1 Å². The Morgan fingerprint density at radius 1 is 1.52 bits per heavy atom. The second-order valence-corrected chi connectivity index (χ2v) is 6.20. The fourth-order valence-corrected chi connectivity index (χ4v) is 3.25. The van der Waals surface area contributed by atoms with Crippen LogP contribution in [0, 0.1) is 0 Å². The Kier molecular flexibility index (Phi) is 4.26. The Bertz CT molecular complexity index is 703. The summed E-state index contributed by atoms with van der Waals surface area (Å²) >= 11 is 0. The number of aromatic nitrogens is 3. The zero-order valence-corrected chi connectivity index (χ0v) is 14.2. The minimum absolute atomic E-state index is 0.0485. The molecule has 0 bridgehead atoms. The van der Waals surface area contributed by atoms with Crippen molar-refractivity contribution < 1.29 is 9.53 Å². The van der Waals surface area contributed by atoms with Gasteiger partial charge in [0.05, 0.1) is 24.4 Å². The molecule has 1 N–H and O–H groups in total. The number of carbonyl (C=O) groups is 1. The SMILES string of the molecule is CCn1cccc1CN(C)C(=O)c1n[nH]c2c1C[C@H](C)O[C@@H]2C. The lowest BCUT2D eigenvalue weighted by Crippen LogP contribution is -2.30. The van der Waals surface area contributed by atoms with Gasteiger partial charge in [-0.15, -0.1) is 0 Å². The van der Waals surface area contributed by atoms with Crippen LogP contribution in [0.3, 0.4) is 0 Å². The van der Waals surface area contributed by atoms with Crippen LogP contribution in [-0.4, -0.2) is 38.7 Å². The highest BCUT2D eigenvalue weighted by molar-refractivity contribution is 5.93. The summed E-state index contributed by atoms with van der Waals surface area (Å²) < 4.78 is 7.92. The summed E-state index contributed by atoms with van der Waals surface area (Å²) in [6.45, 7) is 7.58. The van der Waals surface area contributed by atoms with Crippen LogP contribution < -0.4 is 0 Å². The van der Waals surface area contributed by atoms with Gasteiger partial charge in [-0.25, -0.2) is 0 Å². The maximum Gasteiger partial charge on any atom is 0.274 e. The molecule has 0 aromatic carbocycles. The summed E-state index contributed by atoms with van der Waals surface area (Å²) in [7, 11) is 1.82. The molecule has 0 aliphatic carbocycles. The summed E-state index contributed by atoms with van der Waals surface area (Å²) in [4.78, 5) is 14.5. The number of hydrogen-bond donors (Lipinski definition) is 1. The van der Waals surface area contributed by atoms with Crippen LogP contribution in [0.1, 0.15) is 54.3 Å². The average Bonchev–Trinajstić information content (AvgIpc) is 3.12. The molecule has 0 saturated carbocycles. The number of aryl methyl sites for hydroxylation is 1. The van der Waals surface area contributed by atoms with Crippen molar-refractivity contribution in [2.75, 3.05) is 7.05 Å². The standard InChI is InChI=1S/C17H24N4O2/c1-5-21-8-6-7-13(21)10-20(4)17(22)16-14-9-11(2)23-12(3)15(14)18-19-16/h6-8,11-12H,5,9-10H2,1-4H3,(H,18,19)/t11-,12+/m0/s1. The van der Waals surface area contributed by atoms with Crippen molar-refractivity contribution in [1.82, 2.24) is 19.7 Å². The van der Waals surface area contributed by atoms with E-state index in [1.807, 2.05) is 39.2 Å². The zero-order chi connectivity index (χ0) is 16.6. The molecular formula is C17H24N4O2. The van der Waals surface area contributed by atoms with Crippen LogP contribution in [0.25, 0.3) is 0 Å². The van der Waals surface area contributed by atoms with Gasteiger partial charge < -0.3 is 14.2 Å². The number of amides is 1. The topological polar surface area (TPSA) is 63.2 Å². The van der Waals surface area contributed by atoms with Crippen LogP contribution in [0.2, 0.25) is 0 Å². The Balaban J connectivity index is 1.81. The number of hydrogen-bond acceptors (Lipinski definition) is 3. The van der Waals surface area contributed by atoms with E-state index in [2.05, 4.69) is 21.7 Å². The summed E-state index contributed by atoms with van der Waals surface area (Å²) in [6, 6.07) is 4.06. The fourth-order valence-electron chi connectivity index (χ4n) is 3.25. The van der Waals surface area contributed by atoms with E-state index < -0.39 is 0 Å². The molecule has 0 saturated heterocycles. The minimum atomic E-state index is -0.0505. The van der Waals surface area contributed by atoms with Gasteiger partial charge in [-0.05, 0) is 32.9 Å². The lowest BCUT2D eigenvalue weighted by molar-refractivity contribution is -0.00701. The third-order valence-electron chi connectivity index (χ3n) is 4.45. The van der Waals surface area contributed by atoms with Crippen molar-refractivity contribution in [1.29, 1.82) is 0 Å². The van der Waals surface area contributed by atoms with E-state index in [0.717, 1.165) is 29.9 Å². The molecule has 1 aliphatic rings. The number of fused-ring (bicyclic) bond motifs is 1. The first kappa shape index (κ1) is 15.8. The molecule has 6 heteroatoms. The maximum absolute atomic E-state index is 12.8. The first-order valence-corrected chi connectivity index (χ1v) is 8.13. The molecule has 23 heavy (non-hydrogen) atoms. The first-order chi connectivity index (χ1) is 11.0. The molecule has 3 heterocycles. The van der Waals surface area contributed by atoms with E-state index in [9.17, 15) is 4.79 Å². The number of nitrogens with one attached hydrogen (secondary N) is 1. The van der Waals surface area contributed by atoms with Gasteiger partial charge in [-0.3, -0.25) is 9.89 Å². The lowest BCUT2D eigenvalue weighted by atomic mass is 9.99. The van der Waals surface area contributed by atoms with Crippen molar-refractivity contribution in [2.24, 2.45) is 0 Å². The van der Waals surface area contributed by atoms with Gasteiger partial charge >= 0.3 is 0 Å².